The minimum Gasteiger partial charge on any atom is -0.390 e. The SMILES string of the molecule is NCCCCOCCCCNCCCCOCNCCCCOCCCCNCC(O)COCCC[Si](O)(O)O. The van der Waals surface area contributed by atoms with E-state index >= 15 is 0 Å². The van der Waals surface area contributed by atoms with Crippen LogP contribution >= 0.6 is 0 Å². The molecule has 0 saturated carbocycles. The Balaban J connectivity index is 3.12. The molecule has 12 nitrogen and oxygen atoms in total. The molecule has 0 fully saturated rings. The second-order valence-electron chi connectivity index (χ2n) is 10.2. The highest BCUT2D eigenvalue weighted by Gasteiger charge is 2.25. The number of unbranched alkanes of at least 4 members (excludes halogenated alkanes) is 5. The van der Waals surface area contributed by atoms with Gasteiger partial charge in [-0.05, 0) is 103 Å². The lowest BCUT2D eigenvalue weighted by molar-refractivity contribution is 0.0362. The van der Waals surface area contributed by atoms with Gasteiger partial charge in [-0.25, -0.2) is 0 Å². The molecule has 0 spiro atoms. The molecule has 0 rings (SSSR count). The number of hydrogen-bond acceptors (Lipinski definition) is 12. The summed E-state index contributed by atoms with van der Waals surface area (Å²) in [4.78, 5) is 26.7. The van der Waals surface area contributed by atoms with Crippen molar-refractivity contribution in [2.24, 2.45) is 5.73 Å². The van der Waals surface area contributed by atoms with E-state index < -0.39 is 14.9 Å². The van der Waals surface area contributed by atoms with Crippen molar-refractivity contribution < 1.29 is 38.4 Å². The molecule has 9 N–H and O–H groups in total. The monoisotopic (exact) mass is 598 g/mol. The van der Waals surface area contributed by atoms with Crippen LogP contribution in [0.4, 0.5) is 0 Å². The van der Waals surface area contributed by atoms with Crippen molar-refractivity contribution in [2.75, 3.05) is 92.2 Å². The summed E-state index contributed by atoms with van der Waals surface area (Å²) in [5.74, 6) is 0. The van der Waals surface area contributed by atoms with Gasteiger partial charge >= 0.3 is 8.80 Å². The highest BCUT2D eigenvalue weighted by molar-refractivity contribution is 6.56. The quantitative estimate of drug-likeness (QED) is 0.0289. The molecule has 1 atom stereocenters. The number of ether oxygens (including phenoxy) is 4. The van der Waals surface area contributed by atoms with Crippen LogP contribution in [0, 0.1) is 0 Å². The van der Waals surface area contributed by atoms with Gasteiger partial charge in [0, 0.05) is 52.2 Å². The maximum atomic E-state index is 9.83. The van der Waals surface area contributed by atoms with Crippen molar-refractivity contribution >= 4 is 8.80 Å². The van der Waals surface area contributed by atoms with Crippen LogP contribution in [0.3, 0.4) is 0 Å². The van der Waals surface area contributed by atoms with Crippen LogP contribution in [0.15, 0.2) is 0 Å². The second-order valence-corrected chi connectivity index (χ2v) is 12.2. The van der Waals surface area contributed by atoms with Gasteiger partial charge in [-0.15, -0.1) is 0 Å². The van der Waals surface area contributed by atoms with Crippen LogP contribution in [0.2, 0.25) is 6.04 Å². The van der Waals surface area contributed by atoms with Crippen LogP contribution in [0.1, 0.15) is 70.6 Å². The van der Waals surface area contributed by atoms with Crippen LogP contribution < -0.4 is 21.7 Å². The van der Waals surface area contributed by atoms with E-state index in [4.69, 9.17) is 39.1 Å². The van der Waals surface area contributed by atoms with Gasteiger partial charge in [0.05, 0.1) is 19.4 Å². The molecule has 13 heteroatoms. The number of nitrogens with two attached hydrogens (primary N) is 1. The standard InChI is InChI=1S/C27H62N4O8Si/c28-12-1-6-17-36-18-7-2-13-29-14-3-10-21-39-26-31-16-5-9-20-37-19-8-4-15-30-24-27(32)25-38-22-11-23-40(33,34)35/h27,29-35H,1-26,28H2. The van der Waals surface area contributed by atoms with Crippen molar-refractivity contribution in [3.63, 3.8) is 0 Å². The third kappa shape index (κ3) is 35.8. The molecule has 0 saturated heterocycles. The van der Waals surface area contributed by atoms with E-state index in [2.05, 4.69) is 16.0 Å². The van der Waals surface area contributed by atoms with Gasteiger partial charge in [0.1, 0.15) is 0 Å². The molecule has 0 radical (unpaired) electrons. The van der Waals surface area contributed by atoms with E-state index in [-0.39, 0.29) is 19.3 Å². The summed E-state index contributed by atoms with van der Waals surface area (Å²) < 4.78 is 22.1. The highest BCUT2D eigenvalue weighted by atomic mass is 28.4. The molecule has 0 heterocycles. The first-order valence-electron chi connectivity index (χ1n) is 15.4. The van der Waals surface area contributed by atoms with E-state index in [0.717, 1.165) is 130 Å². The normalized spacial score (nSPS) is 12.8. The zero-order chi connectivity index (χ0) is 29.4. The minimum atomic E-state index is -3.98. The minimum absolute atomic E-state index is 0.0522. The Bertz CT molecular complexity index is 496. The van der Waals surface area contributed by atoms with Gasteiger partial charge in [0.2, 0.25) is 0 Å². The average Bonchev–Trinajstić information content (AvgIpc) is 2.91. The zero-order valence-electron chi connectivity index (χ0n) is 25.0. The Morgan fingerprint density at radius 3 is 1.57 bits per heavy atom. The van der Waals surface area contributed by atoms with Gasteiger partial charge in [-0.2, -0.15) is 0 Å². The number of aliphatic hydroxyl groups excluding tert-OH is 1. The Labute approximate surface area is 244 Å². The first kappa shape index (κ1) is 39.7. The lowest BCUT2D eigenvalue weighted by atomic mass is 10.3. The molecule has 0 aliphatic rings. The number of aliphatic hydroxyl groups is 1. The summed E-state index contributed by atoms with van der Waals surface area (Å²) in [6, 6.07) is -0.0522. The zero-order valence-corrected chi connectivity index (χ0v) is 26.0. The van der Waals surface area contributed by atoms with Gasteiger partial charge in [-0.1, -0.05) is 0 Å². The molecular formula is C27H62N4O8Si. The summed E-state index contributed by atoms with van der Waals surface area (Å²) in [5, 5.41) is 19.8. The molecular weight excluding hydrogens is 536 g/mol. The summed E-state index contributed by atoms with van der Waals surface area (Å²) in [6.07, 6.45) is 10.4. The highest BCUT2D eigenvalue weighted by Crippen LogP contribution is 2.01. The smallest absolute Gasteiger partial charge is 0.390 e. The molecule has 0 aromatic carbocycles. The lowest BCUT2D eigenvalue weighted by Crippen LogP contribution is -2.34. The second kappa shape index (κ2) is 31.7. The Morgan fingerprint density at radius 1 is 0.550 bits per heavy atom. The molecule has 0 aromatic heterocycles. The number of nitrogens with one attached hydrogen (secondary N) is 3. The first-order chi connectivity index (χ1) is 19.5. The van der Waals surface area contributed by atoms with Crippen molar-refractivity contribution in [1.29, 1.82) is 0 Å². The van der Waals surface area contributed by atoms with Crippen LogP contribution in [-0.4, -0.2) is 127 Å². The van der Waals surface area contributed by atoms with E-state index in [1.807, 2.05) is 0 Å². The molecule has 40 heavy (non-hydrogen) atoms. The largest absolute Gasteiger partial charge is 0.492 e. The molecule has 0 amide bonds. The van der Waals surface area contributed by atoms with E-state index in [1.54, 1.807) is 0 Å². The molecule has 0 aliphatic heterocycles. The van der Waals surface area contributed by atoms with Gasteiger partial charge in [-0.3, -0.25) is 5.32 Å². The summed E-state index contributed by atoms with van der Waals surface area (Å²) in [5.41, 5.74) is 5.46. The Kier molecular flexibility index (Phi) is 31.5. The molecule has 0 aromatic rings. The number of hydrogen-bond donors (Lipinski definition) is 8. The average molecular weight is 599 g/mol. The van der Waals surface area contributed by atoms with Crippen LogP contribution in [-0.2, 0) is 18.9 Å². The Hall–Kier alpha value is -0.263. The molecule has 0 aliphatic carbocycles. The van der Waals surface area contributed by atoms with Crippen LogP contribution in [0.5, 0.6) is 0 Å². The maximum absolute atomic E-state index is 9.83. The summed E-state index contributed by atoms with van der Waals surface area (Å²) in [6.45, 7) is 10.1. The lowest BCUT2D eigenvalue weighted by Gasteiger charge is -2.13. The predicted octanol–water partition coefficient (Wildman–Crippen LogP) is 0.306. The van der Waals surface area contributed by atoms with Crippen molar-refractivity contribution in [1.82, 2.24) is 16.0 Å². The fourth-order valence-corrected chi connectivity index (χ4v) is 4.29. The van der Waals surface area contributed by atoms with E-state index in [1.165, 1.54) is 0 Å². The van der Waals surface area contributed by atoms with E-state index in [0.29, 0.717) is 19.7 Å². The van der Waals surface area contributed by atoms with Crippen molar-refractivity contribution in [3.8, 4) is 0 Å². The number of rotatable bonds is 34. The summed E-state index contributed by atoms with van der Waals surface area (Å²) >= 11 is 0. The van der Waals surface area contributed by atoms with Crippen molar-refractivity contribution in [2.45, 2.75) is 82.8 Å². The molecule has 1 unspecified atom stereocenters. The van der Waals surface area contributed by atoms with Crippen LogP contribution in [0.25, 0.3) is 0 Å². The van der Waals surface area contributed by atoms with Crippen molar-refractivity contribution in [3.05, 3.63) is 0 Å². The fraction of sp³-hybridized carbons (Fsp3) is 1.00. The molecule has 242 valence electrons. The first-order valence-corrected chi connectivity index (χ1v) is 17.5. The van der Waals surface area contributed by atoms with E-state index in [9.17, 15) is 5.11 Å². The predicted molar refractivity (Wildman–Crippen MR) is 160 cm³/mol. The third-order valence-corrected chi connectivity index (χ3v) is 7.03. The molecule has 0 bridgehead atoms. The fourth-order valence-electron chi connectivity index (χ4n) is 3.67. The topological polar surface area (TPSA) is 180 Å². The summed E-state index contributed by atoms with van der Waals surface area (Å²) in [7, 11) is -3.98. The third-order valence-electron chi connectivity index (χ3n) is 6.01. The van der Waals surface area contributed by atoms with Gasteiger partial charge in [0.25, 0.3) is 0 Å². The Morgan fingerprint density at radius 2 is 1.02 bits per heavy atom. The van der Waals surface area contributed by atoms with Gasteiger partial charge < -0.3 is 54.8 Å². The maximum Gasteiger partial charge on any atom is 0.492 e. The van der Waals surface area contributed by atoms with Gasteiger partial charge in [0.15, 0.2) is 0 Å².